The molecule has 0 aromatic rings. The van der Waals surface area contributed by atoms with Gasteiger partial charge >= 0.3 is 5.97 Å². The fraction of sp³-hybridized carbons (Fsp3) is 0.900. The molecule has 12 heavy (non-hydrogen) atoms. The van der Waals surface area contributed by atoms with Crippen LogP contribution in [0.3, 0.4) is 0 Å². The van der Waals surface area contributed by atoms with Gasteiger partial charge in [0.05, 0.1) is 12.5 Å². The van der Waals surface area contributed by atoms with Gasteiger partial charge < -0.3 is 4.74 Å². The molecule has 0 amide bonds. The summed E-state index contributed by atoms with van der Waals surface area (Å²) in [6, 6.07) is 0. The standard InChI is InChI=1S/C10H16O2/c1-6-3-4-8-7(2)5-12-10(11)9(6)8/h6-9H,3-5H2,1-2H3/t6-,7-,8?,9?/m1/s1. The van der Waals surface area contributed by atoms with E-state index in [0.29, 0.717) is 24.4 Å². The minimum Gasteiger partial charge on any atom is -0.465 e. The molecule has 1 saturated heterocycles. The number of carbonyl (C=O) groups is 1. The lowest BCUT2D eigenvalue weighted by molar-refractivity contribution is -0.160. The molecule has 2 aliphatic rings. The van der Waals surface area contributed by atoms with E-state index in [1.54, 1.807) is 0 Å². The maximum Gasteiger partial charge on any atom is 0.309 e. The lowest BCUT2D eigenvalue weighted by Crippen LogP contribution is -2.37. The smallest absolute Gasteiger partial charge is 0.309 e. The molecule has 2 rings (SSSR count). The molecule has 0 bridgehead atoms. The fourth-order valence-corrected chi connectivity index (χ4v) is 2.72. The molecule has 2 unspecified atom stereocenters. The van der Waals surface area contributed by atoms with E-state index in [-0.39, 0.29) is 11.9 Å². The lowest BCUT2D eigenvalue weighted by Gasteiger charge is -2.31. The van der Waals surface area contributed by atoms with Crippen molar-refractivity contribution in [2.24, 2.45) is 23.7 Å². The lowest BCUT2D eigenvalue weighted by atomic mass is 9.81. The first-order chi connectivity index (χ1) is 5.70. The highest BCUT2D eigenvalue weighted by atomic mass is 16.5. The van der Waals surface area contributed by atoms with Crippen molar-refractivity contribution in [1.29, 1.82) is 0 Å². The van der Waals surface area contributed by atoms with Crippen LogP contribution in [0.15, 0.2) is 0 Å². The van der Waals surface area contributed by atoms with Crippen molar-refractivity contribution in [2.45, 2.75) is 26.7 Å². The third-order valence-electron chi connectivity index (χ3n) is 3.52. The van der Waals surface area contributed by atoms with Crippen LogP contribution in [0.4, 0.5) is 0 Å². The molecule has 0 aromatic heterocycles. The second kappa shape index (κ2) is 2.75. The molecule has 0 spiro atoms. The normalized spacial score (nSPS) is 47.0. The highest BCUT2D eigenvalue weighted by Gasteiger charge is 2.45. The molecule has 4 atom stereocenters. The number of fused-ring (bicyclic) bond motifs is 1. The number of esters is 1. The molecule has 2 nitrogen and oxygen atoms in total. The van der Waals surface area contributed by atoms with Crippen molar-refractivity contribution < 1.29 is 9.53 Å². The summed E-state index contributed by atoms with van der Waals surface area (Å²) in [7, 11) is 0. The predicted octanol–water partition coefficient (Wildman–Crippen LogP) is 1.84. The van der Waals surface area contributed by atoms with Gasteiger partial charge in [0, 0.05) is 0 Å². The van der Waals surface area contributed by atoms with Crippen molar-refractivity contribution in [2.75, 3.05) is 6.61 Å². The summed E-state index contributed by atoms with van der Waals surface area (Å²) in [5.41, 5.74) is 0. The molecule has 0 N–H and O–H groups in total. The van der Waals surface area contributed by atoms with Gasteiger partial charge in [-0.2, -0.15) is 0 Å². The van der Waals surface area contributed by atoms with E-state index in [1.807, 2.05) is 0 Å². The van der Waals surface area contributed by atoms with Crippen LogP contribution in [0.2, 0.25) is 0 Å². The second-order valence-corrected chi connectivity index (χ2v) is 4.35. The molecule has 0 aromatic carbocycles. The van der Waals surface area contributed by atoms with Gasteiger partial charge in [-0.1, -0.05) is 13.8 Å². The molecular formula is C10H16O2. The Labute approximate surface area is 73.3 Å². The Kier molecular flexibility index (Phi) is 1.85. The fourth-order valence-electron chi connectivity index (χ4n) is 2.72. The van der Waals surface area contributed by atoms with Crippen LogP contribution in [0.1, 0.15) is 26.7 Å². The molecule has 68 valence electrons. The van der Waals surface area contributed by atoms with Gasteiger partial charge in [0.2, 0.25) is 0 Å². The first kappa shape index (κ1) is 8.09. The molecule has 1 heterocycles. The summed E-state index contributed by atoms with van der Waals surface area (Å²) in [5, 5.41) is 0. The summed E-state index contributed by atoms with van der Waals surface area (Å²) >= 11 is 0. The topological polar surface area (TPSA) is 26.3 Å². The van der Waals surface area contributed by atoms with E-state index in [1.165, 1.54) is 12.8 Å². The van der Waals surface area contributed by atoms with Crippen LogP contribution in [0.5, 0.6) is 0 Å². The number of hydrogen-bond acceptors (Lipinski definition) is 2. The van der Waals surface area contributed by atoms with E-state index in [4.69, 9.17) is 4.74 Å². The first-order valence-corrected chi connectivity index (χ1v) is 4.87. The highest BCUT2D eigenvalue weighted by molar-refractivity contribution is 5.74. The minimum atomic E-state index is 0.0584. The zero-order chi connectivity index (χ0) is 8.72. The van der Waals surface area contributed by atoms with Gasteiger partial charge in [-0.05, 0) is 30.6 Å². The van der Waals surface area contributed by atoms with Crippen molar-refractivity contribution >= 4 is 5.97 Å². The summed E-state index contributed by atoms with van der Waals surface area (Å²) in [6.45, 7) is 5.01. The van der Waals surface area contributed by atoms with Crippen LogP contribution in [-0.4, -0.2) is 12.6 Å². The van der Waals surface area contributed by atoms with Gasteiger partial charge in [0.1, 0.15) is 0 Å². The predicted molar refractivity (Wildman–Crippen MR) is 45.5 cm³/mol. The number of cyclic esters (lactones) is 1. The number of hydrogen-bond donors (Lipinski definition) is 0. The van der Waals surface area contributed by atoms with Crippen molar-refractivity contribution in [3.8, 4) is 0 Å². The van der Waals surface area contributed by atoms with Gasteiger partial charge in [-0.25, -0.2) is 0 Å². The van der Waals surface area contributed by atoms with Crippen LogP contribution in [0.25, 0.3) is 0 Å². The van der Waals surface area contributed by atoms with Crippen LogP contribution < -0.4 is 0 Å². The van der Waals surface area contributed by atoms with Gasteiger partial charge in [-0.3, -0.25) is 4.79 Å². The molecule has 0 radical (unpaired) electrons. The summed E-state index contributed by atoms with van der Waals surface area (Å²) in [6.07, 6.45) is 2.43. The summed E-state index contributed by atoms with van der Waals surface area (Å²) in [4.78, 5) is 11.4. The van der Waals surface area contributed by atoms with Gasteiger partial charge in [0.15, 0.2) is 0 Å². The van der Waals surface area contributed by atoms with Crippen molar-refractivity contribution in [3.05, 3.63) is 0 Å². The van der Waals surface area contributed by atoms with Gasteiger partial charge in [-0.15, -0.1) is 0 Å². The Balaban J connectivity index is 2.18. The van der Waals surface area contributed by atoms with E-state index in [9.17, 15) is 4.79 Å². The van der Waals surface area contributed by atoms with Crippen molar-refractivity contribution in [3.63, 3.8) is 0 Å². The average molecular weight is 168 g/mol. The SMILES string of the molecule is C[C@@H]1COC(=O)C2C1CC[C@H]2C. The molecule has 1 aliphatic heterocycles. The number of carbonyl (C=O) groups excluding carboxylic acids is 1. The van der Waals surface area contributed by atoms with E-state index in [0.717, 1.165) is 0 Å². The third-order valence-corrected chi connectivity index (χ3v) is 3.52. The van der Waals surface area contributed by atoms with E-state index >= 15 is 0 Å². The second-order valence-electron chi connectivity index (χ2n) is 4.35. The van der Waals surface area contributed by atoms with Crippen LogP contribution in [0, 0.1) is 23.7 Å². The Morgan fingerprint density at radius 3 is 2.67 bits per heavy atom. The van der Waals surface area contributed by atoms with Gasteiger partial charge in [0.25, 0.3) is 0 Å². The monoisotopic (exact) mass is 168 g/mol. The first-order valence-electron chi connectivity index (χ1n) is 4.87. The Bertz CT molecular complexity index is 200. The Morgan fingerprint density at radius 2 is 2.00 bits per heavy atom. The third kappa shape index (κ3) is 1.05. The zero-order valence-corrected chi connectivity index (χ0v) is 7.75. The Hall–Kier alpha value is -0.530. The van der Waals surface area contributed by atoms with Crippen LogP contribution in [-0.2, 0) is 9.53 Å². The largest absolute Gasteiger partial charge is 0.465 e. The quantitative estimate of drug-likeness (QED) is 0.516. The molecular weight excluding hydrogens is 152 g/mol. The maximum absolute atomic E-state index is 11.4. The van der Waals surface area contributed by atoms with E-state index in [2.05, 4.69) is 13.8 Å². The zero-order valence-electron chi connectivity index (χ0n) is 7.75. The molecule has 1 aliphatic carbocycles. The number of ether oxygens (including phenoxy) is 1. The maximum atomic E-state index is 11.4. The molecule has 1 saturated carbocycles. The molecule has 2 fully saturated rings. The average Bonchev–Trinajstić information content (AvgIpc) is 2.42. The van der Waals surface area contributed by atoms with Crippen molar-refractivity contribution in [1.82, 2.24) is 0 Å². The summed E-state index contributed by atoms with van der Waals surface area (Å²) in [5.74, 6) is 2.01. The Morgan fingerprint density at radius 1 is 1.25 bits per heavy atom. The van der Waals surface area contributed by atoms with Crippen LogP contribution >= 0.6 is 0 Å². The minimum absolute atomic E-state index is 0.0584. The van der Waals surface area contributed by atoms with E-state index < -0.39 is 0 Å². The highest BCUT2D eigenvalue weighted by Crippen LogP contribution is 2.44. The number of rotatable bonds is 0. The summed E-state index contributed by atoms with van der Waals surface area (Å²) < 4.78 is 5.14. The molecule has 2 heteroatoms.